The molecule has 2 atom stereocenters. The highest BCUT2D eigenvalue weighted by atomic mass is 35.5. The van der Waals surface area contributed by atoms with E-state index in [1.54, 1.807) is 0 Å². The summed E-state index contributed by atoms with van der Waals surface area (Å²) in [6.45, 7) is 2.33. The van der Waals surface area contributed by atoms with E-state index in [2.05, 4.69) is 28.8 Å². The summed E-state index contributed by atoms with van der Waals surface area (Å²) in [7, 11) is 0. The van der Waals surface area contributed by atoms with Crippen molar-refractivity contribution in [1.29, 1.82) is 0 Å². The second-order valence-corrected chi connectivity index (χ2v) is 6.81. The first kappa shape index (κ1) is 17.0. The molecule has 0 aliphatic heterocycles. The summed E-state index contributed by atoms with van der Waals surface area (Å²) in [6.07, 6.45) is 3.23. The molecule has 0 saturated carbocycles. The Morgan fingerprint density at radius 3 is 2.92 bits per heavy atom. The molecule has 126 valence electrons. The molecule has 0 heterocycles. The van der Waals surface area contributed by atoms with Gasteiger partial charge in [0.1, 0.15) is 0 Å². The van der Waals surface area contributed by atoms with Crippen LogP contribution in [-0.2, 0) is 11.2 Å². The number of nitrogens with one attached hydrogen (secondary N) is 2. The fourth-order valence-electron chi connectivity index (χ4n) is 3.29. The van der Waals surface area contributed by atoms with E-state index in [1.165, 1.54) is 11.1 Å². The number of carbonyl (C=O) groups is 1. The van der Waals surface area contributed by atoms with Gasteiger partial charge in [-0.25, -0.2) is 0 Å². The van der Waals surface area contributed by atoms with Crippen LogP contribution in [0.25, 0.3) is 0 Å². The number of carbonyl (C=O) groups excluding carboxylic acids is 1. The lowest BCUT2D eigenvalue weighted by Crippen LogP contribution is -2.38. The predicted octanol–water partition coefficient (Wildman–Crippen LogP) is 4.18. The molecule has 0 aromatic heterocycles. The lowest BCUT2D eigenvalue weighted by atomic mass is 9.88. The third kappa shape index (κ3) is 4.16. The highest BCUT2D eigenvalue weighted by Gasteiger charge is 2.21. The van der Waals surface area contributed by atoms with Crippen molar-refractivity contribution >= 4 is 17.5 Å². The summed E-state index contributed by atoms with van der Waals surface area (Å²) in [6, 6.07) is 16.3. The maximum Gasteiger partial charge on any atom is 0.234 e. The van der Waals surface area contributed by atoms with Crippen LogP contribution >= 0.6 is 11.6 Å². The Bertz CT molecular complexity index is 716. The van der Waals surface area contributed by atoms with Gasteiger partial charge in [0.05, 0.1) is 12.6 Å². The SMILES string of the molecule is C[C@H](NCC(=O)N[C@@H]1CCCc2ccccc21)c1cccc(Cl)c1. The maximum absolute atomic E-state index is 12.3. The average Bonchev–Trinajstić information content (AvgIpc) is 2.60. The molecule has 1 aliphatic rings. The van der Waals surface area contributed by atoms with Gasteiger partial charge in [-0.1, -0.05) is 48.0 Å². The first-order valence-electron chi connectivity index (χ1n) is 8.49. The predicted molar refractivity (Wildman–Crippen MR) is 98.1 cm³/mol. The van der Waals surface area contributed by atoms with Crippen LogP contribution in [0.2, 0.25) is 5.02 Å². The van der Waals surface area contributed by atoms with Gasteiger partial charge < -0.3 is 10.6 Å². The number of benzene rings is 2. The normalized spacial score (nSPS) is 17.8. The number of aryl methyl sites for hydroxylation is 1. The minimum Gasteiger partial charge on any atom is -0.348 e. The third-order valence-electron chi connectivity index (χ3n) is 4.62. The van der Waals surface area contributed by atoms with Crippen molar-refractivity contribution in [3.63, 3.8) is 0 Å². The third-order valence-corrected chi connectivity index (χ3v) is 4.86. The maximum atomic E-state index is 12.3. The van der Waals surface area contributed by atoms with E-state index in [-0.39, 0.29) is 18.0 Å². The van der Waals surface area contributed by atoms with Gasteiger partial charge >= 0.3 is 0 Å². The van der Waals surface area contributed by atoms with Gasteiger partial charge in [0.15, 0.2) is 0 Å². The lowest BCUT2D eigenvalue weighted by molar-refractivity contribution is -0.121. The second kappa shape index (κ2) is 7.82. The first-order valence-corrected chi connectivity index (χ1v) is 8.87. The van der Waals surface area contributed by atoms with E-state index in [0.717, 1.165) is 24.8 Å². The molecule has 2 N–H and O–H groups in total. The average molecular weight is 343 g/mol. The van der Waals surface area contributed by atoms with E-state index in [0.29, 0.717) is 11.6 Å². The molecule has 4 heteroatoms. The van der Waals surface area contributed by atoms with E-state index in [9.17, 15) is 4.79 Å². The molecule has 0 unspecified atom stereocenters. The van der Waals surface area contributed by atoms with Crippen molar-refractivity contribution in [3.8, 4) is 0 Å². The van der Waals surface area contributed by atoms with Crippen molar-refractivity contribution in [2.75, 3.05) is 6.54 Å². The monoisotopic (exact) mass is 342 g/mol. The first-order chi connectivity index (χ1) is 11.6. The molecule has 1 amide bonds. The van der Waals surface area contributed by atoms with Gasteiger partial charge in [0.25, 0.3) is 0 Å². The Balaban J connectivity index is 1.55. The fraction of sp³-hybridized carbons (Fsp3) is 0.350. The molecule has 2 aromatic carbocycles. The van der Waals surface area contributed by atoms with Crippen LogP contribution in [0.3, 0.4) is 0 Å². The Morgan fingerprint density at radius 1 is 1.25 bits per heavy atom. The van der Waals surface area contributed by atoms with Gasteiger partial charge in [0.2, 0.25) is 5.91 Å². The highest BCUT2D eigenvalue weighted by molar-refractivity contribution is 6.30. The minimum atomic E-state index is 0.0329. The van der Waals surface area contributed by atoms with E-state index < -0.39 is 0 Å². The van der Waals surface area contributed by atoms with Crippen LogP contribution in [0.5, 0.6) is 0 Å². The van der Waals surface area contributed by atoms with Gasteiger partial charge in [-0.2, -0.15) is 0 Å². The Labute approximate surface area is 148 Å². The topological polar surface area (TPSA) is 41.1 Å². The smallest absolute Gasteiger partial charge is 0.234 e. The molecule has 0 fully saturated rings. The quantitative estimate of drug-likeness (QED) is 0.855. The molecule has 0 bridgehead atoms. The van der Waals surface area contributed by atoms with Gasteiger partial charge in [-0.3, -0.25) is 4.79 Å². The number of hydrogen-bond donors (Lipinski definition) is 2. The molecule has 1 aliphatic carbocycles. The molecule has 0 radical (unpaired) electrons. The van der Waals surface area contributed by atoms with Crippen LogP contribution in [0.1, 0.15) is 48.5 Å². The summed E-state index contributed by atoms with van der Waals surface area (Å²) in [5, 5.41) is 7.15. The summed E-state index contributed by atoms with van der Waals surface area (Å²) in [5.41, 5.74) is 3.70. The summed E-state index contributed by atoms with van der Waals surface area (Å²) in [4.78, 5) is 12.3. The standard InChI is InChI=1S/C20H23ClN2O/c1-14(16-8-4-9-17(21)12-16)22-13-20(24)23-19-11-5-7-15-6-2-3-10-18(15)19/h2-4,6,8-10,12,14,19,22H,5,7,11,13H2,1H3,(H,23,24)/t14-,19+/m0/s1. The summed E-state index contributed by atoms with van der Waals surface area (Å²) >= 11 is 6.02. The van der Waals surface area contributed by atoms with Crippen molar-refractivity contribution < 1.29 is 4.79 Å². The van der Waals surface area contributed by atoms with Crippen LogP contribution in [0.4, 0.5) is 0 Å². The Kier molecular flexibility index (Phi) is 5.54. The zero-order valence-electron chi connectivity index (χ0n) is 13.9. The summed E-state index contributed by atoms with van der Waals surface area (Å²) in [5.74, 6) is 0.0329. The zero-order chi connectivity index (χ0) is 16.9. The molecule has 0 spiro atoms. The summed E-state index contributed by atoms with van der Waals surface area (Å²) < 4.78 is 0. The minimum absolute atomic E-state index is 0.0329. The molecular formula is C20H23ClN2O. The largest absolute Gasteiger partial charge is 0.348 e. The van der Waals surface area contributed by atoms with Crippen LogP contribution in [0.15, 0.2) is 48.5 Å². The molecule has 2 aromatic rings. The number of halogens is 1. The Hall–Kier alpha value is -1.84. The van der Waals surface area contributed by atoms with Crippen LogP contribution in [0, 0.1) is 0 Å². The highest BCUT2D eigenvalue weighted by Crippen LogP contribution is 2.29. The lowest BCUT2D eigenvalue weighted by Gasteiger charge is -2.26. The van der Waals surface area contributed by atoms with Crippen molar-refractivity contribution in [2.45, 2.75) is 38.3 Å². The van der Waals surface area contributed by atoms with E-state index >= 15 is 0 Å². The van der Waals surface area contributed by atoms with Crippen molar-refractivity contribution in [1.82, 2.24) is 10.6 Å². The van der Waals surface area contributed by atoms with Crippen LogP contribution in [-0.4, -0.2) is 12.5 Å². The second-order valence-electron chi connectivity index (χ2n) is 6.37. The number of rotatable bonds is 5. The van der Waals surface area contributed by atoms with Gasteiger partial charge in [-0.05, 0) is 55.0 Å². The fourth-order valence-corrected chi connectivity index (χ4v) is 3.49. The Morgan fingerprint density at radius 2 is 2.08 bits per heavy atom. The number of fused-ring (bicyclic) bond motifs is 1. The molecule has 0 saturated heterocycles. The van der Waals surface area contributed by atoms with Crippen molar-refractivity contribution in [2.24, 2.45) is 0 Å². The van der Waals surface area contributed by atoms with Crippen LogP contribution < -0.4 is 10.6 Å². The molecular weight excluding hydrogens is 320 g/mol. The molecule has 3 rings (SSSR count). The van der Waals surface area contributed by atoms with Gasteiger partial charge in [-0.15, -0.1) is 0 Å². The zero-order valence-corrected chi connectivity index (χ0v) is 14.6. The van der Waals surface area contributed by atoms with E-state index in [1.807, 2.05) is 37.3 Å². The van der Waals surface area contributed by atoms with Gasteiger partial charge in [0, 0.05) is 11.1 Å². The van der Waals surface area contributed by atoms with E-state index in [4.69, 9.17) is 11.6 Å². The number of amides is 1. The number of hydrogen-bond acceptors (Lipinski definition) is 2. The van der Waals surface area contributed by atoms with Crippen molar-refractivity contribution in [3.05, 3.63) is 70.2 Å². The molecule has 3 nitrogen and oxygen atoms in total. The molecule has 24 heavy (non-hydrogen) atoms.